The Hall–Kier alpha value is -2.14. The van der Waals surface area contributed by atoms with Crippen LogP contribution < -0.4 is 10.1 Å². The quantitative estimate of drug-likeness (QED) is 0.413. The number of anilines is 1. The van der Waals surface area contributed by atoms with Crippen molar-refractivity contribution >= 4 is 45.9 Å². The van der Waals surface area contributed by atoms with E-state index in [0.29, 0.717) is 11.7 Å². The molecule has 1 aromatic heterocycles. The van der Waals surface area contributed by atoms with Crippen molar-refractivity contribution in [1.29, 1.82) is 0 Å². The van der Waals surface area contributed by atoms with Gasteiger partial charge >= 0.3 is 0 Å². The standard InChI is InChI=1S/C17H16IN5O2S/c1-25-15-7-5-12(6-8-15)10-23-17(20-21-22-23)26-11-16(24)19-14-4-2-3-13(18)9-14/h2-9H,10-11H2,1H3,(H,19,24). The third kappa shape index (κ3) is 5.18. The topological polar surface area (TPSA) is 81.9 Å². The van der Waals surface area contributed by atoms with E-state index in [1.807, 2.05) is 48.5 Å². The number of benzene rings is 2. The maximum Gasteiger partial charge on any atom is 0.234 e. The number of rotatable bonds is 7. The minimum Gasteiger partial charge on any atom is -0.497 e. The van der Waals surface area contributed by atoms with Gasteiger partial charge in [-0.1, -0.05) is 30.0 Å². The number of nitrogens with one attached hydrogen (secondary N) is 1. The number of ether oxygens (including phenoxy) is 1. The molecule has 0 unspecified atom stereocenters. The lowest BCUT2D eigenvalue weighted by atomic mass is 10.2. The van der Waals surface area contributed by atoms with Crippen LogP contribution in [0.2, 0.25) is 0 Å². The summed E-state index contributed by atoms with van der Waals surface area (Å²) in [5.41, 5.74) is 1.82. The first-order chi connectivity index (χ1) is 12.6. The Morgan fingerprint density at radius 3 is 2.81 bits per heavy atom. The number of tetrazole rings is 1. The lowest BCUT2D eigenvalue weighted by molar-refractivity contribution is -0.113. The van der Waals surface area contributed by atoms with E-state index in [0.717, 1.165) is 20.6 Å². The zero-order valence-electron chi connectivity index (χ0n) is 13.9. The van der Waals surface area contributed by atoms with Gasteiger partial charge in [-0.25, -0.2) is 4.68 Å². The van der Waals surface area contributed by atoms with E-state index in [2.05, 4.69) is 43.4 Å². The van der Waals surface area contributed by atoms with Crippen molar-refractivity contribution in [3.05, 3.63) is 57.7 Å². The Morgan fingerprint density at radius 2 is 2.08 bits per heavy atom. The highest BCUT2D eigenvalue weighted by Crippen LogP contribution is 2.18. The first-order valence-corrected chi connectivity index (χ1v) is 9.78. The molecule has 0 spiro atoms. The second-order valence-electron chi connectivity index (χ2n) is 5.31. The zero-order valence-corrected chi connectivity index (χ0v) is 16.9. The summed E-state index contributed by atoms with van der Waals surface area (Å²) in [5, 5.41) is 15.2. The maximum absolute atomic E-state index is 12.1. The van der Waals surface area contributed by atoms with Gasteiger partial charge in [-0.05, 0) is 68.9 Å². The zero-order chi connectivity index (χ0) is 18.4. The van der Waals surface area contributed by atoms with Crippen molar-refractivity contribution < 1.29 is 9.53 Å². The molecular formula is C17H16IN5O2S. The highest BCUT2D eigenvalue weighted by molar-refractivity contribution is 14.1. The Labute approximate surface area is 168 Å². The van der Waals surface area contributed by atoms with Gasteiger partial charge in [-0.3, -0.25) is 4.79 Å². The normalized spacial score (nSPS) is 10.5. The van der Waals surface area contributed by atoms with Crippen LogP contribution in [0, 0.1) is 3.57 Å². The van der Waals surface area contributed by atoms with Crippen molar-refractivity contribution in [3.8, 4) is 5.75 Å². The summed E-state index contributed by atoms with van der Waals surface area (Å²) in [6.45, 7) is 0.526. The molecule has 0 atom stereocenters. The number of hydrogen-bond donors (Lipinski definition) is 1. The molecule has 3 aromatic rings. The molecule has 0 fully saturated rings. The van der Waals surface area contributed by atoms with Gasteiger partial charge in [0.1, 0.15) is 5.75 Å². The minimum atomic E-state index is -0.101. The first-order valence-electron chi connectivity index (χ1n) is 7.71. The summed E-state index contributed by atoms with van der Waals surface area (Å²) in [6, 6.07) is 15.3. The van der Waals surface area contributed by atoms with Crippen LogP contribution in [0.5, 0.6) is 5.75 Å². The number of amides is 1. The molecule has 9 heteroatoms. The molecule has 0 radical (unpaired) electrons. The molecule has 0 saturated heterocycles. The van der Waals surface area contributed by atoms with E-state index in [9.17, 15) is 4.79 Å². The van der Waals surface area contributed by atoms with E-state index in [1.54, 1.807) is 11.8 Å². The van der Waals surface area contributed by atoms with Gasteiger partial charge in [0, 0.05) is 9.26 Å². The van der Waals surface area contributed by atoms with Gasteiger partial charge in [-0.15, -0.1) is 5.10 Å². The third-order valence-electron chi connectivity index (χ3n) is 3.43. The van der Waals surface area contributed by atoms with E-state index >= 15 is 0 Å². The van der Waals surface area contributed by atoms with Gasteiger partial charge in [0.25, 0.3) is 0 Å². The maximum atomic E-state index is 12.1. The van der Waals surface area contributed by atoms with Gasteiger partial charge in [-0.2, -0.15) is 0 Å². The Bertz CT molecular complexity index is 885. The fourth-order valence-corrected chi connectivity index (χ4v) is 3.42. The Balaban J connectivity index is 1.57. The monoisotopic (exact) mass is 481 g/mol. The first kappa shape index (κ1) is 18.6. The fraction of sp³-hybridized carbons (Fsp3) is 0.176. The Kier molecular flexibility index (Phi) is 6.45. The smallest absolute Gasteiger partial charge is 0.234 e. The number of thioether (sulfide) groups is 1. The molecule has 1 heterocycles. The SMILES string of the molecule is COc1ccc(Cn2nnnc2SCC(=O)Nc2cccc(I)c2)cc1. The molecule has 3 rings (SSSR count). The molecule has 7 nitrogen and oxygen atoms in total. The van der Waals surface area contributed by atoms with Gasteiger partial charge in [0.2, 0.25) is 11.1 Å². The van der Waals surface area contributed by atoms with E-state index in [1.165, 1.54) is 11.8 Å². The summed E-state index contributed by atoms with van der Waals surface area (Å²) in [6.07, 6.45) is 0. The predicted octanol–water partition coefficient (Wildman–Crippen LogP) is 3.07. The van der Waals surface area contributed by atoms with Crippen LogP contribution in [0.25, 0.3) is 0 Å². The fourth-order valence-electron chi connectivity index (χ4n) is 2.20. The van der Waals surface area contributed by atoms with Crippen molar-refractivity contribution in [2.45, 2.75) is 11.7 Å². The van der Waals surface area contributed by atoms with Crippen molar-refractivity contribution in [2.75, 3.05) is 18.2 Å². The summed E-state index contributed by atoms with van der Waals surface area (Å²) >= 11 is 3.51. The highest BCUT2D eigenvalue weighted by atomic mass is 127. The molecule has 2 aromatic carbocycles. The lowest BCUT2D eigenvalue weighted by Crippen LogP contribution is -2.15. The number of aromatic nitrogens is 4. The van der Waals surface area contributed by atoms with Crippen LogP contribution in [0.3, 0.4) is 0 Å². The van der Waals surface area contributed by atoms with E-state index in [-0.39, 0.29) is 11.7 Å². The van der Waals surface area contributed by atoms with Crippen LogP contribution in [0.15, 0.2) is 53.7 Å². The molecule has 26 heavy (non-hydrogen) atoms. The van der Waals surface area contributed by atoms with Gasteiger partial charge < -0.3 is 10.1 Å². The van der Waals surface area contributed by atoms with Gasteiger partial charge in [0.05, 0.1) is 19.4 Å². The number of methoxy groups -OCH3 is 1. The number of halogens is 1. The second-order valence-corrected chi connectivity index (χ2v) is 7.50. The molecule has 0 aliphatic heterocycles. The van der Waals surface area contributed by atoms with E-state index in [4.69, 9.17) is 4.74 Å². The predicted molar refractivity (Wildman–Crippen MR) is 108 cm³/mol. The summed E-state index contributed by atoms with van der Waals surface area (Å²) < 4.78 is 7.89. The van der Waals surface area contributed by atoms with E-state index < -0.39 is 0 Å². The molecule has 0 saturated carbocycles. The minimum absolute atomic E-state index is 0.101. The molecule has 1 amide bonds. The molecule has 0 bridgehead atoms. The average Bonchev–Trinajstić information content (AvgIpc) is 3.08. The summed E-state index contributed by atoms with van der Waals surface area (Å²) in [5.74, 6) is 0.928. The average molecular weight is 481 g/mol. The number of hydrogen-bond acceptors (Lipinski definition) is 6. The largest absolute Gasteiger partial charge is 0.497 e. The highest BCUT2D eigenvalue weighted by Gasteiger charge is 2.11. The van der Waals surface area contributed by atoms with Gasteiger partial charge in [0.15, 0.2) is 0 Å². The molecule has 134 valence electrons. The van der Waals surface area contributed by atoms with Crippen molar-refractivity contribution in [2.24, 2.45) is 0 Å². The molecular weight excluding hydrogens is 465 g/mol. The summed E-state index contributed by atoms with van der Waals surface area (Å²) in [4.78, 5) is 12.1. The number of nitrogens with zero attached hydrogens (tertiary/aromatic N) is 4. The number of carbonyl (C=O) groups excluding carboxylic acids is 1. The second kappa shape index (κ2) is 8.99. The van der Waals surface area contributed by atoms with Crippen molar-refractivity contribution in [3.63, 3.8) is 0 Å². The van der Waals surface area contributed by atoms with Crippen LogP contribution in [-0.2, 0) is 11.3 Å². The lowest BCUT2D eigenvalue weighted by Gasteiger charge is -2.07. The van der Waals surface area contributed by atoms with Crippen LogP contribution >= 0.6 is 34.4 Å². The summed E-state index contributed by atoms with van der Waals surface area (Å²) in [7, 11) is 1.63. The molecule has 0 aliphatic rings. The van der Waals surface area contributed by atoms with Crippen LogP contribution in [0.1, 0.15) is 5.56 Å². The van der Waals surface area contributed by atoms with Crippen LogP contribution in [-0.4, -0.2) is 39.0 Å². The third-order valence-corrected chi connectivity index (χ3v) is 5.06. The number of carbonyl (C=O) groups is 1. The molecule has 0 aliphatic carbocycles. The Morgan fingerprint density at radius 1 is 1.27 bits per heavy atom. The molecule has 1 N–H and O–H groups in total. The van der Waals surface area contributed by atoms with Crippen molar-refractivity contribution in [1.82, 2.24) is 20.2 Å². The van der Waals surface area contributed by atoms with Crippen LogP contribution in [0.4, 0.5) is 5.69 Å².